The van der Waals surface area contributed by atoms with E-state index < -0.39 is 0 Å². The first-order valence-corrected chi connectivity index (χ1v) is 9.14. The van der Waals surface area contributed by atoms with Crippen molar-refractivity contribution in [3.63, 3.8) is 0 Å². The van der Waals surface area contributed by atoms with Gasteiger partial charge in [-0.3, -0.25) is 0 Å². The highest BCUT2D eigenvalue weighted by Crippen LogP contribution is 2.28. The van der Waals surface area contributed by atoms with Gasteiger partial charge in [0.2, 0.25) is 0 Å². The molecule has 138 valence electrons. The molecule has 3 aromatic heterocycles. The zero-order valence-corrected chi connectivity index (χ0v) is 15.3. The van der Waals surface area contributed by atoms with E-state index in [4.69, 9.17) is 0 Å². The van der Waals surface area contributed by atoms with Crippen molar-refractivity contribution in [1.82, 2.24) is 24.1 Å². The van der Waals surface area contributed by atoms with Gasteiger partial charge in [0.05, 0.1) is 6.20 Å². The molecule has 0 spiro atoms. The number of anilines is 3. The van der Waals surface area contributed by atoms with E-state index in [1.54, 1.807) is 16.9 Å². The van der Waals surface area contributed by atoms with E-state index in [0.29, 0.717) is 23.1 Å². The summed E-state index contributed by atoms with van der Waals surface area (Å²) in [5.74, 6) is 2.41. The maximum Gasteiger partial charge on any atom is 0.177 e. The molecule has 8 nitrogen and oxygen atoms in total. The van der Waals surface area contributed by atoms with Crippen molar-refractivity contribution in [3.8, 4) is 11.8 Å². The third kappa shape index (κ3) is 2.93. The van der Waals surface area contributed by atoms with Crippen LogP contribution in [0.15, 0.2) is 48.9 Å². The van der Waals surface area contributed by atoms with Crippen LogP contribution in [0.4, 0.5) is 17.3 Å². The molecule has 5 rings (SSSR count). The molecule has 0 unspecified atom stereocenters. The van der Waals surface area contributed by atoms with Gasteiger partial charge in [0.1, 0.15) is 29.1 Å². The summed E-state index contributed by atoms with van der Waals surface area (Å²) in [6.45, 7) is 1.97. The lowest BCUT2D eigenvalue weighted by Crippen LogP contribution is -2.09. The second kappa shape index (κ2) is 6.39. The van der Waals surface area contributed by atoms with Crippen molar-refractivity contribution < 1.29 is 0 Å². The van der Waals surface area contributed by atoms with E-state index in [2.05, 4.69) is 31.8 Å². The Bertz CT molecular complexity index is 1210. The Balaban J connectivity index is 1.53. The van der Waals surface area contributed by atoms with Gasteiger partial charge in [0, 0.05) is 35.9 Å². The number of aromatic nitrogens is 5. The molecule has 4 aromatic rings. The highest BCUT2D eigenvalue weighted by molar-refractivity contribution is 5.68. The number of fused-ring (bicyclic) bond motifs is 1. The zero-order valence-electron chi connectivity index (χ0n) is 15.3. The Labute approximate surface area is 161 Å². The molecule has 0 atom stereocenters. The zero-order chi connectivity index (χ0) is 19.1. The number of hydrogen-bond donors (Lipinski definition) is 2. The predicted molar refractivity (Wildman–Crippen MR) is 106 cm³/mol. The SMILES string of the molecule is Cc1nccn1-c1cccc(Nc2cc(NC3CC3)n3ncc(C#N)c3n2)c1. The summed E-state index contributed by atoms with van der Waals surface area (Å²) in [5.41, 5.74) is 2.90. The normalized spacial score (nSPS) is 13.4. The quantitative estimate of drug-likeness (QED) is 0.559. The molecule has 0 bridgehead atoms. The summed E-state index contributed by atoms with van der Waals surface area (Å²) in [5, 5.41) is 20.5. The molecule has 1 aliphatic carbocycles. The summed E-state index contributed by atoms with van der Waals surface area (Å²) < 4.78 is 3.71. The van der Waals surface area contributed by atoms with Crippen LogP contribution in [0.1, 0.15) is 24.2 Å². The van der Waals surface area contributed by atoms with E-state index >= 15 is 0 Å². The second-order valence-electron chi connectivity index (χ2n) is 6.87. The molecule has 3 heterocycles. The van der Waals surface area contributed by atoms with Crippen molar-refractivity contribution >= 4 is 23.0 Å². The first-order chi connectivity index (χ1) is 13.7. The monoisotopic (exact) mass is 370 g/mol. The van der Waals surface area contributed by atoms with Crippen molar-refractivity contribution in [1.29, 1.82) is 5.26 Å². The molecule has 2 N–H and O–H groups in total. The van der Waals surface area contributed by atoms with Gasteiger partial charge in [-0.05, 0) is 38.0 Å². The highest BCUT2D eigenvalue weighted by atomic mass is 15.3. The first-order valence-electron chi connectivity index (χ1n) is 9.14. The Morgan fingerprint density at radius 3 is 2.89 bits per heavy atom. The van der Waals surface area contributed by atoms with Crippen LogP contribution < -0.4 is 10.6 Å². The van der Waals surface area contributed by atoms with Gasteiger partial charge in [-0.2, -0.15) is 14.9 Å². The third-order valence-electron chi connectivity index (χ3n) is 4.74. The third-order valence-corrected chi connectivity index (χ3v) is 4.74. The number of nitrogens with zero attached hydrogens (tertiary/aromatic N) is 6. The molecular weight excluding hydrogens is 352 g/mol. The number of nitriles is 1. The average molecular weight is 370 g/mol. The maximum absolute atomic E-state index is 9.37. The minimum atomic E-state index is 0.449. The molecule has 8 heteroatoms. The Hall–Kier alpha value is -3.86. The molecule has 1 fully saturated rings. The minimum Gasteiger partial charge on any atom is -0.367 e. The van der Waals surface area contributed by atoms with Crippen LogP contribution in [0.5, 0.6) is 0 Å². The number of rotatable bonds is 5. The van der Waals surface area contributed by atoms with Crippen molar-refractivity contribution in [3.05, 3.63) is 60.3 Å². The lowest BCUT2D eigenvalue weighted by molar-refractivity contribution is 0.926. The molecule has 0 saturated heterocycles. The fourth-order valence-electron chi connectivity index (χ4n) is 3.18. The van der Waals surface area contributed by atoms with Gasteiger partial charge in [-0.25, -0.2) is 9.97 Å². The average Bonchev–Trinajstić information content (AvgIpc) is 3.24. The van der Waals surface area contributed by atoms with E-state index in [-0.39, 0.29) is 0 Å². The van der Waals surface area contributed by atoms with Gasteiger partial charge in [-0.15, -0.1) is 0 Å². The van der Waals surface area contributed by atoms with Gasteiger partial charge in [0.15, 0.2) is 5.65 Å². The van der Waals surface area contributed by atoms with Crippen LogP contribution in [-0.2, 0) is 0 Å². The van der Waals surface area contributed by atoms with Gasteiger partial charge in [-0.1, -0.05) is 6.07 Å². The highest BCUT2D eigenvalue weighted by Gasteiger charge is 2.23. The van der Waals surface area contributed by atoms with Crippen LogP contribution in [0, 0.1) is 18.3 Å². The summed E-state index contributed by atoms with van der Waals surface area (Å²) in [4.78, 5) is 8.89. The number of imidazole rings is 1. The first kappa shape index (κ1) is 16.3. The van der Waals surface area contributed by atoms with Gasteiger partial charge >= 0.3 is 0 Å². The van der Waals surface area contributed by atoms with E-state index in [0.717, 1.165) is 35.9 Å². The van der Waals surface area contributed by atoms with Gasteiger partial charge < -0.3 is 15.2 Å². The van der Waals surface area contributed by atoms with Crippen molar-refractivity contribution in [2.75, 3.05) is 10.6 Å². The Kier molecular flexibility index (Phi) is 3.72. The van der Waals surface area contributed by atoms with Crippen molar-refractivity contribution in [2.45, 2.75) is 25.8 Å². The number of nitrogens with one attached hydrogen (secondary N) is 2. The Morgan fingerprint density at radius 1 is 1.25 bits per heavy atom. The van der Waals surface area contributed by atoms with Crippen LogP contribution in [0.3, 0.4) is 0 Å². The summed E-state index contributed by atoms with van der Waals surface area (Å²) in [6.07, 6.45) is 7.55. The lowest BCUT2D eigenvalue weighted by Gasteiger charge is -2.12. The molecule has 0 aliphatic heterocycles. The number of benzene rings is 1. The molecule has 0 amide bonds. The lowest BCUT2D eigenvalue weighted by atomic mass is 10.2. The molecule has 0 radical (unpaired) electrons. The van der Waals surface area contributed by atoms with Crippen LogP contribution in [-0.4, -0.2) is 30.2 Å². The minimum absolute atomic E-state index is 0.449. The summed E-state index contributed by atoms with van der Waals surface area (Å²) in [6, 6.07) is 12.6. The summed E-state index contributed by atoms with van der Waals surface area (Å²) >= 11 is 0. The number of hydrogen-bond acceptors (Lipinski definition) is 6. The fraction of sp³-hybridized carbons (Fsp3) is 0.200. The summed E-state index contributed by atoms with van der Waals surface area (Å²) in [7, 11) is 0. The molecule has 1 saturated carbocycles. The smallest absolute Gasteiger partial charge is 0.177 e. The fourth-order valence-corrected chi connectivity index (χ4v) is 3.18. The maximum atomic E-state index is 9.37. The standard InChI is InChI=1S/C20H18N8/c1-13-22-7-8-27(13)17-4-2-3-16(9-17)24-18-10-19(25-15-5-6-15)28-20(26-18)14(11-21)12-23-28/h2-4,7-10,12,15,25H,5-6H2,1H3,(H,24,26). The van der Waals surface area contributed by atoms with Crippen molar-refractivity contribution in [2.24, 2.45) is 0 Å². The second-order valence-corrected chi connectivity index (χ2v) is 6.87. The predicted octanol–water partition coefficient (Wildman–Crippen LogP) is 3.41. The van der Waals surface area contributed by atoms with Crippen LogP contribution in [0.2, 0.25) is 0 Å². The topological polar surface area (TPSA) is 95.9 Å². The van der Waals surface area contributed by atoms with Crippen LogP contribution in [0.25, 0.3) is 11.3 Å². The molecular formula is C20H18N8. The van der Waals surface area contributed by atoms with E-state index in [1.165, 1.54) is 0 Å². The van der Waals surface area contributed by atoms with E-state index in [9.17, 15) is 5.26 Å². The number of aryl methyl sites for hydroxylation is 1. The Morgan fingerprint density at radius 2 is 2.14 bits per heavy atom. The molecule has 1 aliphatic rings. The van der Waals surface area contributed by atoms with Crippen LogP contribution >= 0.6 is 0 Å². The molecule has 28 heavy (non-hydrogen) atoms. The molecule has 1 aromatic carbocycles. The van der Waals surface area contributed by atoms with Gasteiger partial charge in [0.25, 0.3) is 0 Å². The largest absolute Gasteiger partial charge is 0.367 e. The van der Waals surface area contributed by atoms with E-state index in [1.807, 2.05) is 48.0 Å².